The lowest BCUT2D eigenvalue weighted by atomic mass is 10.0. The van der Waals surface area contributed by atoms with Crippen molar-refractivity contribution in [3.63, 3.8) is 0 Å². The molecule has 0 amide bonds. The Hall–Kier alpha value is -0.620. The number of benzene rings is 1. The fraction of sp³-hybridized carbons (Fsp3) is 0.667. The molecule has 0 aliphatic heterocycles. The summed E-state index contributed by atoms with van der Waals surface area (Å²) >= 11 is 0. The maximum absolute atomic E-state index is 14.3. The van der Waals surface area contributed by atoms with E-state index < -0.39 is 0 Å². The van der Waals surface area contributed by atoms with Crippen molar-refractivity contribution in [2.45, 2.75) is 76.8 Å². The van der Waals surface area contributed by atoms with E-state index in [2.05, 4.69) is 0 Å². The molecule has 2 rings (SSSR count). The van der Waals surface area contributed by atoms with E-state index >= 15 is 0 Å². The van der Waals surface area contributed by atoms with Crippen molar-refractivity contribution in [3.8, 4) is 5.75 Å². The molecule has 0 aromatic heterocycles. The summed E-state index contributed by atoms with van der Waals surface area (Å²) in [5.41, 5.74) is 1.32. The summed E-state index contributed by atoms with van der Waals surface area (Å²) < 4.78 is 14.3. The Morgan fingerprint density at radius 1 is 1.05 bits per heavy atom. The first-order valence-corrected chi connectivity index (χ1v) is 9.44. The molecule has 0 bridgehead atoms. The van der Waals surface area contributed by atoms with Crippen molar-refractivity contribution >= 4 is 13.9 Å². The second-order valence-corrected chi connectivity index (χ2v) is 8.23. The highest BCUT2D eigenvalue weighted by Crippen LogP contribution is 2.34. The molecule has 1 N–H and O–H groups in total. The van der Waals surface area contributed by atoms with Crippen molar-refractivity contribution in [1.29, 1.82) is 0 Å². The van der Waals surface area contributed by atoms with Crippen LogP contribution < -0.4 is 5.30 Å². The van der Waals surface area contributed by atoms with Crippen molar-refractivity contribution in [2.75, 3.05) is 0 Å². The zero-order valence-corrected chi connectivity index (χ0v) is 14.3. The number of phenolic OH excluding ortho intramolecular Hbond substituents is 1. The van der Waals surface area contributed by atoms with E-state index in [1.165, 1.54) is 57.4 Å². The van der Waals surface area contributed by atoms with Gasteiger partial charge in [-0.25, -0.2) is 4.39 Å². The summed E-state index contributed by atoms with van der Waals surface area (Å²) in [5.74, 6) is 0.286. The van der Waals surface area contributed by atoms with Crippen LogP contribution >= 0.6 is 8.58 Å². The molecule has 1 aliphatic rings. The Balaban J connectivity index is 2.08. The van der Waals surface area contributed by atoms with Crippen LogP contribution in [0.3, 0.4) is 0 Å². The molecule has 0 heterocycles. The Kier molecular flexibility index (Phi) is 6.48. The van der Waals surface area contributed by atoms with E-state index in [1.54, 1.807) is 6.07 Å². The molecule has 1 atom stereocenters. The molecule has 118 valence electrons. The van der Waals surface area contributed by atoms with Crippen LogP contribution in [-0.2, 0) is 0 Å². The van der Waals surface area contributed by atoms with Crippen LogP contribution in [-0.4, -0.2) is 10.8 Å². The Morgan fingerprint density at radius 3 is 2.19 bits per heavy atom. The third-order valence-corrected chi connectivity index (χ3v) is 6.13. The first-order valence-electron chi connectivity index (χ1n) is 8.37. The van der Waals surface area contributed by atoms with Crippen molar-refractivity contribution in [1.82, 2.24) is 0 Å². The van der Waals surface area contributed by atoms with Crippen LogP contribution in [0.25, 0.3) is 0 Å². The van der Waals surface area contributed by atoms with Crippen LogP contribution in [0.1, 0.15) is 76.7 Å². The maximum Gasteiger partial charge on any atom is 0.131 e. The fourth-order valence-electron chi connectivity index (χ4n) is 3.15. The average molecular weight is 310 g/mol. The van der Waals surface area contributed by atoms with Gasteiger partial charge in [0.2, 0.25) is 0 Å². The van der Waals surface area contributed by atoms with E-state index in [-0.39, 0.29) is 17.5 Å². The average Bonchev–Trinajstić information content (AvgIpc) is 2.56. The van der Waals surface area contributed by atoms with Gasteiger partial charge in [-0.15, -0.1) is 0 Å². The van der Waals surface area contributed by atoms with Gasteiger partial charge >= 0.3 is 0 Å². The summed E-state index contributed by atoms with van der Waals surface area (Å²) in [7, 11) is 0.493. The third-order valence-electron chi connectivity index (χ3n) is 4.45. The number of halogens is 1. The van der Waals surface area contributed by atoms with Crippen LogP contribution in [0.15, 0.2) is 12.1 Å². The van der Waals surface area contributed by atoms with E-state index in [0.29, 0.717) is 14.2 Å². The number of aromatic hydroxyl groups is 1. The summed E-state index contributed by atoms with van der Waals surface area (Å²) in [6.45, 7) is 3.96. The lowest BCUT2D eigenvalue weighted by molar-refractivity contribution is 0.463. The maximum atomic E-state index is 14.3. The molecule has 1 saturated carbocycles. The fourth-order valence-corrected chi connectivity index (χ4v) is 4.71. The molecule has 1 fully saturated rings. The normalized spacial score (nSPS) is 18.9. The van der Waals surface area contributed by atoms with Gasteiger partial charge in [-0.3, -0.25) is 0 Å². The largest absolute Gasteiger partial charge is 0.508 e. The minimum Gasteiger partial charge on any atom is -0.508 e. The lowest BCUT2D eigenvalue weighted by Crippen LogP contribution is -2.11. The molecule has 0 spiro atoms. The van der Waals surface area contributed by atoms with Crippen molar-refractivity contribution < 1.29 is 9.50 Å². The minimum absolute atomic E-state index is 0.130. The second kappa shape index (κ2) is 8.13. The van der Waals surface area contributed by atoms with Gasteiger partial charge in [0.05, 0.1) is 0 Å². The van der Waals surface area contributed by atoms with Gasteiger partial charge < -0.3 is 5.11 Å². The van der Waals surface area contributed by atoms with Crippen LogP contribution in [0.5, 0.6) is 5.75 Å². The predicted molar refractivity (Wildman–Crippen MR) is 90.8 cm³/mol. The smallest absolute Gasteiger partial charge is 0.131 e. The van der Waals surface area contributed by atoms with Crippen LogP contribution in [0.2, 0.25) is 0 Å². The summed E-state index contributed by atoms with van der Waals surface area (Å²) in [6, 6.07) is 3.22. The van der Waals surface area contributed by atoms with Gasteiger partial charge in [-0.05, 0) is 42.1 Å². The van der Waals surface area contributed by atoms with E-state index in [4.69, 9.17) is 0 Å². The number of phenols is 1. The SMILES string of the molecule is CC(C)c1cc(F)c(PC2CCCCCCCC2)cc1O. The molecule has 0 saturated heterocycles. The van der Waals surface area contributed by atoms with Gasteiger partial charge in [-0.1, -0.05) is 61.0 Å². The molecule has 3 heteroatoms. The van der Waals surface area contributed by atoms with Gasteiger partial charge in [0.1, 0.15) is 11.6 Å². The second-order valence-electron chi connectivity index (χ2n) is 6.59. The molecular weight excluding hydrogens is 282 g/mol. The first kappa shape index (κ1) is 16.7. The van der Waals surface area contributed by atoms with Crippen molar-refractivity contribution in [3.05, 3.63) is 23.5 Å². The zero-order valence-electron chi connectivity index (χ0n) is 13.3. The first-order chi connectivity index (χ1) is 10.1. The zero-order chi connectivity index (χ0) is 15.2. The summed E-state index contributed by atoms with van der Waals surface area (Å²) in [5, 5.41) is 10.8. The van der Waals surface area contributed by atoms with E-state index in [9.17, 15) is 9.50 Å². The summed E-state index contributed by atoms with van der Waals surface area (Å²) in [4.78, 5) is 0. The molecule has 1 nitrogen and oxygen atoms in total. The van der Waals surface area contributed by atoms with E-state index in [1.807, 2.05) is 13.8 Å². The van der Waals surface area contributed by atoms with Gasteiger partial charge in [0.25, 0.3) is 0 Å². The number of rotatable bonds is 3. The predicted octanol–water partition coefficient (Wildman–Crippen LogP) is 5.46. The highest BCUT2D eigenvalue weighted by atomic mass is 31.1. The Morgan fingerprint density at radius 2 is 1.62 bits per heavy atom. The molecule has 1 aromatic rings. The lowest BCUT2D eigenvalue weighted by Gasteiger charge is -2.18. The number of hydrogen-bond donors (Lipinski definition) is 1. The molecular formula is C18H28FOP. The number of hydrogen-bond acceptors (Lipinski definition) is 1. The Labute approximate surface area is 130 Å². The molecule has 1 aromatic carbocycles. The van der Waals surface area contributed by atoms with Crippen LogP contribution in [0, 0.1) is 5.82 Å². The highest BCUT2D eigenvalue weighted by molar-refractivity contribution is 7.48. The van der Waals surface area contributed by atoms with Crippen LogP contribution in [0.4, 0.5) is 4.39 Å². The molecule has 1 aliphatic carbocycles. The standard InChI is InChI=1S/C18H28FOP/c1-13(2)15-11-16(19)18(12-17(15)20)21-14-9-7-5-3-4-6-8-10-14/h11-14,20-21H,3-10H2,1-2H3. The Bertz CT molecular complexity index is 449. The monoisotopic (exact) mass is 310 g/mol. The molecule has 21 heavy (non-hydrogen) atoms. The topological polar surface area (TPSA) is 20.2 Å². The van der Waals surface area contributed by atoms with Gasteiger partial charge in [-0.2, -0.15) is 0 Å². The minimum atomic E-state index is -0.130. The summed E-state index contributed by atoms with van der Waals surface area (Å²) in [6.07, 6.45) is 10.3. The quantitative estimate of drug-likeness (QED) is 0.735. The third kappa shape index (κ3) is 4.95. The molecule has 1 unspecified atom stereocenters. The van der Waals surface area contributed by atoms with Crippen molar-refractivity contribution in [2.24, 2.45) is 0 Å². The van der Waals surface area contributed by atoms with Gasteiger partial charge in [0, 0.05) is 5.30 Å². The van der Waals surface area contributed by atoms with E-state index in [0.717, 1.165) is 10.9 Å². The molecule has 0 radical (unpaired) electrons. The van der Waals surface area contributed by atoms with Gasteiger partial charge in [0.15, 0.2) is 0 Å². The highest BCUT2D eigenvalue weighted by Gasteiger charge is 2.17.